The van der Waals surface area contributed by atoms with E-state index in [0.29, 0.717) is 6.04 Å². The Morgan fingerprint density at radius 2 is 1.43 bits per heavy atom. The quantitative estimate of drug-likeness (QED) is 0.540. The first-order chi connectivity index (χ1) is 5.83. The van der Waals surface area contributed by atoms with E-state index in [4.69, 9.17) is 5.73 Å². The van der Waals surface area contributed by atoms with Gasteiger partial charge in [-0.3, -0.25) is 0 Å². The van der Waals surface area contributed by atoms with E-state index in [1.807, 2.05) is 34.7 Å². The molecule has 1 aliphatic carbocycles. The minimum atomic E-state index is 0. The summed E-state index contributed by atoms with van der Waals surface area (Å²) in [6, 6.07) is 0.852. The van der Waals surface area contributed by atoms with Crippen molar-refractivity contribution >= 4 is 0 Å². The van der Waals surface area contributed by atoms with Crippen molar-refractivity contribution in [3.05, 3.63) is 5.73 Å². The van der Waals surface area contributed by atoms with E-state index in [9.17, 15) is 0 Å². The maximum Gasteiger partial charge on any atom is 0.00496 e. The molecule has 1 rings (SSSR count). The molecule has 0 amide bonds. The van der Waals surface area contributed by atoms with Gasteiger partial charge in [0.05, 0.1) is 0 Å². The van der Waals surface area contributed by atoms with E-state index in [2.05, 4.69) is 5.32 Å². The van der Waals surface area contributed by atoms with Crippen molar-refractivity contribution in [2.75, 3.05) is 7.05 Å². The van der Waals surface area contributed by atoms with E-state index < -0.39 is 0 Å². The van der Waals surface area contributed by atoms with Crippen molar-refractivity contribution in [2.24, 2.45) is 0 Å². The third-order valence-corrected chi connectivity index (χ3v) is 1.84. The van der Waals surface area contributed by atoms with Crippen molar-refractivity contribution in [2.45, 2.75) is 59.0 Å². The van der Waals surface area contributed by atoms with Crippen LogP contribution >= 0.6 is 0 Å². The molecule has 4 heteroatoms. The summed E-state index contributed by atoms with van der Waals surface area (Å²) in [7, 11) is 1.97. The van der Waals surface area contributed by atoms with Crippen LogP contribution in [-0.4, -0.2) is 19.1 Å². The van der Waals surface area contributed by atoms with Gasteiger partial charge in [-0.2, -0.15) is 0 Å². The SMILES string of the molecule is CC.CC.CNC1CCC([NH-])C1.[Re].[Re]. The first-order valence-corrected chi connectivity index (χ1v) is 5.21. The van der Waals surface area contributed by atoms with Crippen LogP contribution in [0.1, 0.15) is 47.0 Å². The van der Waals surface area contributed by atoms with E-state index in [1.54, 1.807) is 0 Å². The van der Waals surface area contributed by atoms with Crippen LogP contribution in [-0.2, 0) is 40.8 Å². The topological polar surface area (TPSA) is 35.8 Å². The number of nitrogens with one attached hydrogen (secondary N) is 2. The zero-order chi connectivity index (χ0) is 9.98. The first kappa shape index (κ1) is 24.5. The summed E-state index contributed by atoms with van der Waals surface area (Å²) in [5.41, 5.74) is 7.33. The zero-order valence-electron chi connectivity index (χ0n) is 10.0. The average molecular weight is 546 g/mol. The summed E-state index contributed by atoms with van der Waals surface area (Å²) in [6.07, 6.45) is 3.34. The van der Waals surface area contributed by atoms with Crippen LogP contribution in [0.3, 0.4) is 0 Å². The second-order valence-electron chi connectivity index (χ2n) is 2.50. The number of rotatable bonds is 1. The number of hydrogen-bond donors (Lipinski definition) is 1. The fourth-order valence-corrected chi connectivity index (χ4v) is 1.24. The molecule has 0 aromatic heterocycles. The van der Waals surface area contributed by atoms with Crippen LogP contribution in [0.5, 0.6) is 0 Å². The molecule has 2 atom stereocenters. The van der Waals surface area contributed by atoms with Gasteiger partial charge in [0.15, 0.2) is 0 Å². The molecule has 90 valence electrons. The van der Waals surface area contributed by atoms with Gasteiger partial charge < -0.3 is 11.1 Å². The van der Waals surface area contributed by atoms with E-state index in [0.717, 1.165) is 12.8 Å². The Balaban J connectivity index is -0.0000000750. The van der Waals surface area contributed by atoms with E-state index >= 15 is 0 Å². The van der Waals surface area contributed by atoms with Crippen LogP contribution in [0.25, 0.3) is 5.73 Å². The van der Waals surface area contributed by atoms with Gasteiger partial charge in [0.1, 0.15) is 0 Å². The van der Waals surface area contributed by atoms with Crippen LogP contribution in [0.2, 0.25) is 0 Å². The summed E-state index contributed by atoms with van der Waals surface area (Å²) >= 11 is 0. The molecule has 0 saturated heterocycles. The van der Waals surface area contributed by atoms with Gasteiger partial charge in [0.25, 0.3) is 0 Å². The Morgan fingerprint density at radius 3 is 1.57 bits per heavy atom. The molecule has 0 heterocycles. The smallest absolute Gasteiger partial charge is 0.00496 e. The summed E-state index contributed by atoms with van der Waals surface area (Å²) in [5, 5.41) is 3.17. The Morgan fingerprint density at radius 1 is 1.00 bits per heavy atom. The molecule has 2 radical (unpaired) electrons. The van der Waals surface area contributed by atoms with Crippen molar-refractivity contribution in [1.82, 2.24) is 5.32 Å². The predicted molar refractivity (Wildman–Crippen MR) is 57.5 cm³/mol. The van der Waals surface area contributed by atoms with Crippen molar-refractivity contribution < 1.29 is 40.8 Å². The van der Waals surface area contributed by atoms with Crippen LogP contribution < -0.4 is 5.32 Å². The van der Waals surface area contributed by atoms with Crippen molar-refractivity contribution in [1.29, 1.82) is 0 Å². The summed E-state index contributed by atoms with van der Waals surface area (Å²) in [5.74, 6) is 0. The van der Waals surface area contributed by atoms with Gasteiger partial charge in [0.2, 0.25) is 0 Å². The fourth-order valence-electron chi connectivity index (χ4n) is 1.24. The molecule has 2 nitrogen and oxygen atoms in total. The van der Waals surface area contributed by atoms with Crippen LogP contribution in [0, 0.1) is 0 Å². The monoisotopic (exact) mass is 547 g/mol. The van der Waals surface area contributed by atoms with Crippen molar-refractivity contribution in [3.63, 3.8) is 0 Å². The molecule has 0 bridgehead atoms. The summed E-state index contributed by atoms with van der Waals surface area (Å²) < 4.78 is 0. The zero-order valence-corrected chi connectivity index (χ0v) is 15.5. The predicted octanol–water partition coefficient (Wildman–Crippen LogP) is 3.23. The minimum Gasteiger partial charge on any atom is -0.675 e. The standard InChI is InChI=1S/C6H13N2.2C2H6.2Re/c1-8-6-3-2-5(7)4-6;2*1-2;;/h5-8H,2-4H2,1H3;2*1-2H3;;/q-1;;;;. The fraction of sp³-hybridized carbons (Fsp3) is 1.00. The van der Waals surface area contributed by atoms with Gasteiger partial charge in [-0.15, -0.1) is 6.04 Å². The third-order valence-electron chi connectivity index (χ3n) is 1.84. The maximum atomic E-state index is 7.33. The van der Waals surface area contributed by atoms with Crippen LogP contribution in [0.15, 0.2) is 0 Å². The molecule has 1 fully saturated rings. The first-order valence-electron chi connectivity index (χ1n) is 5.21. The number of hydrogen-bond acceptors (Lipinski definition) is 1. The Kier molecular flexibility index (Phi) is 34.5. The van der Waals surface area contributed by atoms with Gasteiger partial charge in [-0.1, -0.05) is 40.5 Å². The molecule has 0 spiro atoms. The average Bonchev–Trinajstić information content (AvgIpc) is 2.58. The Labute approximate surface area is 117 Å². The maximum absolute atomic E-state index is 7.33. The molecule has 0 aromatic rings. The molecule has 2 N–H and O–H groups in total. The molecule has 1 aliphatic rings. The second-order valence-corrected chi connectivity index (χ2v) is 2.50. The van der Waals surface area contributed by atoms with E-state index in [-0.39, 0.29) is 46.9 Å². The van der Waals surface area contributed by atoms with Crippen molar-refractivity contribution in [3.8, 4) is 0 Å². The summed E-state index contributed by atoms with van der Waals surface area (Å²) in [4.78, 5) is 0. The Bertz CT molecular complexity index is 82.5. The molecule has 1 saturated carbocycles. The van der Waals surface area contributed by atoms with Gasteiger partial charge in [0, 0.05) is 46.9 Å². The van der Waals surface area contributed by atoms with Gasteiger partial charge in [-0.25, -0.2) is 0 Å². The van der Waals surface area contributed by atoms with Gasteiger partial charge >= 0.3 is 0 Å². The Hall–Kier alpha value is 1.24. The largest absolute Gasteiger partial charge is 0.675 e. The third kappa shape index (κ3) is 13.2. The molecular formula is C10H25N2Re2-. The minimum absolute atomic E-state index is 0. The van der Waals surface area contributed by atoms with E-state index in [1.165, 1.54) is 6.42 Å². The molecule has 0 aromatic carbocycles. The molecule has 14 heavy (non-hydrogen) atoms. The molecule has 0 aliphatic heterocycles. The van der Waals surface area contributed by atoms with Crippen LogP contribution in [0.4, 0.5) is 0 Å². The summed E-state index contributed by atoms with van der Waals surface area (Å²) in [6.45, 7) is 8.00. The normalized spacial score (nSPS) is 22.7. The van der Waals surface area contributed by atoms with Gasteiger partial charge in [-0.05, 0) is 13.5 Å². The molecule has 2 unspecified atom stereocenters. The second kappa shape index (κ2) is 19.8. The molecular weight excluding hydrogens is 521 g/mol.